The van der Waals surface area contributed by atoms with Crippen molar-refractivity contribution in [2.45, 2.75) is 33.6 Å². The molecule has 0 aromatic heterocycles. The van der Waals surface area contributed by atoms with E-state index in [1.807, 2.05) is 43.0 Å². The van der Waals surface area contributed by atoms with Crippen molar-refractivity contribution in [3.05, 3.63) is 58.1 Å². The molecule has 0 saturated carbocycles. The molecule has 3 heteroatoms. The summed E-state index contributed by atoms with van der Waals surface area (Å²) in [5.41, 5.74) is 6.38. The molecule has 1 aliphatic rings. The quantitative estimate of drug-likeness (QED) is 0.831. The second-order valence-electron chi connectivity index (χ2n) is 6.22. The molecule has 0 fully saturated rings. The standard InChI is InChI=1S/C20H23NO2/c1-13-7-5-8-17(15(13)3)20(22)21-12-6-9-16-14(2)10-11-18(23-4)19(16)21/h5,7-8,10-11H,6,9,12H2,1-4H3. The molecule has 0 spiro atoms. The van der Waals surface area contributed by atoms with E-state index in [1.165, 1.54) is 11.1 Å². The molecule has 0 aliphatic carbocycles. The first-order valence-corrected chi connectivity index (χ1v) is 8.09. The van der Waals surface area contributed by atoms with Crippen LogP contribution in [0.1, 0.15) is 39.0 Å². The first-order valence-electron chi connectivity index (χ1n) is 8.09. The number of rotatable bonds is 2. The number of amides is 1. The summed E-state index contributed by atoms with van der Waals surface area (Å²) in [4.78, 5) is 15.1. The molecule has 1 aliphatic heterocycles. The number of carbonyl (C=O) groups excluding carboxylic acids is 1. The van der Waals surface area contributed by atoms with Crippen LogP contribution >= 0.6 is 0 Å². The average molecular weight is 309 g/mol. The zero-order chi connectivity index (χ0) is 16.6. The largest absolute Gasteiger partial charge is 0.495 e. The van der Waals surface area contributed by atoms with Gasteiger partial charge in [0, 0.05) is 12.1 Å². The number of hydrogen-bond donors (Lipinski definition) is 0. The molecule has 2 aromatic carbocycles. The van der Waals surface area contributed by atoms with Gasteiger partial charge in [0.15, 0.2) is 0 Å². The van der Waals surface area contributed by atoms with Gasteiger partial charge in [-0.05, 0) is 68.0 Å². The van der Waals surface area contributed by atoms with Gasteiger partial charge in [0.25, 0.3) is 5.91 Å². The zero-order valence-corrected chi connectivity index (χ0v) is 14.3. The minimum atomic E-state index is 0.0658. The Labute approximate surface area is 137 Å². The van der Waals surface area contributed by atoms with E-state index in [0.717, 1.165) is 47.5 Å². The van der Waals surface area contributed by atoms with Gasteiger partial charge >= 0.3 is 0 Å². The third kappa shape index (κ3) is 2.61. The minimum Gasteiger partial charge on any atom is -0.495 e. The molecule has 0 unspecified atom stereocenters. The summed E-state index contributed by atoms with van der Waals surface area (Å²) in [5, 5.41) is 0. The number of methoxy groups -OCH3 is 1. The Morgan fingerprint density at radius 1 is 1.09 bits per heavy atom. The fourth-order valence-electron chi connectivity index (χ4n) is 3.35. The molecule has 0 saturated heterocycles. The van der Waals surface area contributed by atoms with E-state index >= 15 is 0 Å². The van der Waals surface area contributed by atoms with E-state index in [9.17, 15) is 4.79 Å². The zero-order valence-electron chi connectivity index (χ0n) is 14.3. The first kappa shape index (κ1) is 15.6. The van der Waals surface area contributed by atoms with Gasteiger partial charge in [-0.3, -0.25) is 4.79 Å². The third-order valence-electron chi connectivity index (χ3n) is 4.86. The van der Waals surface area contributed by atoms with Crippen LogP contribution in [0.2, 0.25) is 0 Å². The summed E-state index contributed by atoms with van der Waals surface area (Å²) in [7, 11) is 1.67. The molecule has 23 heavy (non-hydrogen) atoms. The summed E-state index contributed by atoms with van der Waals surface area (Å²) < 4.78 is 5.54. The number of ether oxygens (including phenoxy) is 1. The van der Waals surface area contributed by atoms with Crippen molar-refractivity contribution in [1.29, 1.82) is 0 Å². The maximum absolute atomic E-state index is 13.2. The predicted octanol–water partition coefficient (Wildman–Crippen LogP) is 4.21. The third-order valence-corrected chi connectivity index (χ3v) is 4.86. The second kappa shape index (κ2) is 6.07. The van der Waals surface area contributed by atoms with Gasteiger partial charge in [0.1, 0.15) is 5.75 Å². The highest BCUT2D eigenvalue weighted by Gasteiger charge is 2.28. The highest BCUT2D eigenvalue weighted by molar-refractivity contribution is 6.08. The number of anilines is 1. The van der Waals surface area contributed by atoms with E-state index in [1.54, 1.807) is 7.11 Å². The van der Waals surface area contributed by atoms with Crippen LogP contribution in [0.5, 0.6) is 5.75 Å². The van der Waals surface area contributed by atoms with Gasteiger partial charge in [0.05, 0.1) is 12.8 Å². The van der Waals surface area contributed by atoms with Gasteiger partial charge in [-0.2, -0.15) is 0 Å². The van der Waals surface area contributed by atoms with E-state index < -0.39 is 0 Å². The number of fused-ring (bicyclic) bond motifs is 1. The molecule has 2 aromatic rings. The van der Waals surface area contributed by atoms with E-state index in [-0.39, 0.29) is 5.91 Å². The van der Waals surface area contributed by atoms with Crippen molar-refractivity contribution in [3.8, 4) is 5.75 Å². The molecule has 1 amide bonds. The Bertz CT molecular complexity index is 764. The summed E-state index contributed by atoms with van der Waals surface area (Å²) in [6, 6.07) is 9.95. The lowest BCUT2D eigenvalue weighted by Gasteiger charge is -2.32. The molecular formula is C20H23NO2. The van der Waals surface area contributed by atoms with E-state index in [2.05, 4.69) is 13.0 Å². The Hall–Kier alpha value is -2.29. The van der Waals surface area contributed by atoms with Gasteiger partial charge in [-0.1, -0.05) is 18.2 Å². The van der Waals surface area contributed by atoms with Crippen molar-refractivity contribution < 1.29 is 9.53 Å². The number of nitrogens with zero attached hydrogens (tertiary/aromatic N) is 1. The minimum absolute atomic E-state index is 0.0658. The first-order chi connectivity index (χ1) is 11.0. The van der Waals surface area contributed by atoms with Gasteiger partial charge < -0.3 is 9.64 Å². The lowest BCUT2D eigenvalue weighted by Crippen LogP contribution is -2.36. The van der Waals surface area contributed by atoms with E-state index in [0.29, 0.717) is 0 Å². The fourth-order valence-corrected chi connectivity index (χ4v) is 3.35. The lowest BCUT2D eigenvalue weighted by atomic mass is 9.94. The maximum Gasteiger partial charge on any atom is 0.258 e. The lowest BCUT2D eigenvalue weighted by molar-refractivity contribution is 0.0983. The Morgan fingerprint density at radius 2 is 1.87 bits per heavy atom. The number of carbonyl (C=O) groups is 1. The normalized spacial score (nSPS) is 13.7. The van der Waals surface area contributed by atoms with Crippen LogP contribution in [0.3, 0.4) is 0 Å². The summed E-state index contributed by atoms with van der Waals surface area (Å²) in [5.74, 6) is 0.847. The molecule has 0 radical (unpaired) electrons. The molecule has 3 rings (SSSR count). The van der Waals surface area contributed by atoms with Gasteiger partial charge in [-0.25, -0.2) is 0 Å². The van der Waals surface area contributed by atoms with Crippen LogP contribution < -0.4 is 9.64 Å². The number of aryl methyl sites for hydroxylation is 2. The highest BCUT2D eigenvalue weighted by atomic mass is 16.5. The van der Waals surface area contributed by atoms with Crippen molar-refractivity contribution >= 4 is 11.6 Å². The SMILES string of the molecule is COc1ccc(C)c2c1N(C(=O)c1cccc(C)c1C)CCC2. The van der Waals surface area contributed by atoms with Crippen LogP contribution in [-0.4, -0.2) is 19.6 Å². The second-order valence-corrected chi connectivity index (χ2v) is 6.22. The summed E-state index contributed by atoms with van der Waals surface area (Å²) >= 11 is 0. The van der Waals surface area contributed by atoms with Crippen LogP contribution in [0, 0.1) is 20.8 Å². The number of benzene rings is 2. The number of hydrogen-bond acceptors (Lipinski definition) is 2. The molecule has 0 bridgehead atoms. The monoisotopic (exact) mass is 309 g/mol. The average Bonchev–Trinajstić information content (AvgIpc) is 2.57. The fraction of sp³-hybridized carbons (Fsp3) is 0.350. The smallest absolute Gasteiger partial charge is 0.258 e. The molecule has 1 heterocycles. The van der Waals surface area contributed by atoms with Crippen molar-refractivity contribution in [3.63, 3.8) is 0 Å². The summed E-state index contributed by atoms with van der Waals surface area (Å²) in [6.45, 7) is 6.89. The van der Waals surface area contributed by atoms with Crippen molar-refractivity contribution in [2.24, 2.45) is 0 Å². The van der Waals surface area contributed by atoms with Crippen LogP contribution in [-0.2, 0) is 6.42 Å². The summed E-state index contributed by atoms with van der Waals surface area (Å²) in [6.07, 6.45) is 1.98. The van der Waals surface area contributed by atoms with E-state index in [4.69, 9.17) is 4.74 Å². The molecule has 0 N–H and O–H groups in total. The Balaban J connectivity index is 2.11. The van der Waals surface area contributed by atoms with Gasteiger partial charge in [-0.15, -0.1) is 0 Å². The Morgan fingerprint density at radius 3 is 2.61 bits per heavy atom. The highest BCUT2D eigenvalue weighted by Crippen LogP contribution is 2.39. The maximum atomic E-state index is 13.2. The molecule has 120 valence electrons. The topological polar surface area (TPSA) is 29.5 Å². The predicted molar refractivity (Wildman–Crippen MR) is 93.6 cm³/mol. The van der Waals surface area contributed by atoms with Gasteiger partial charge in [0.2, 0.25) is 0 Å². The molecule has 0 atom stereocenters. The van der Waals surface area contributed by atoms with Crippen molar-refractivity contribution in [1.82, 2.24) is 0 Å². The van der Waals surface area contributed by atoms with Crippen LogP contribution in [0.4, 0.5) is 5.69 Å². The Kier molecular flexibility index (Phi) is 4.12. The van der Waals surface area contributed by atoms with Crippen LogP contribution in [0.15, 0.2) is 30.3 Å². The molecular weight excluding hydrogens is 286 g/mol. The van der Waals surface area contributed by atoms with Crippen LogP contribution in [0.25, 0.3) is 0 Å². The van der Waals surface area contributed by atoms with Crippen molar-refractivity contribution in [2.75, 3.05) is 18.6 Å². The molecule has 3 nitrogen and oxygen atoms in total.